The lowest BCUT2D eigenvalue weighted by molar-refractivity contribution is 0.0948. The number of hydrogen-bond acceptors (Lipinski definition) is 3. The minimum Gasteiger partial charge on any atom is -0.508 e. The molecule has 0 radical (unpaired) electrons. The molecule has 32 heavy (non-hydrogen) atoms. The topological polar surface area (TPSA) is 52.6 Å². The van der Waals surface area contributed by atoms with Gasteiger partial charge in [0.1, 0.15) is 5.75 Å². The number of phenolic OH excluding ortho intramolecular Hbond substituents is 1. The van der Waals surface area contributed by atoms with Crippen molar-refractivity contribution in [2.45, 2.75) is 20.3 Å². The van der Waals surface area contributed by atoms with Gasteiger partial charge in [-0.25, -0.2) is 0 Å². The van der Waals surface area contributed by atoms with E-state index in [-0.39, 0.29) is 11.7 Å². The molecule has 0 spiro atoms. The molecular formula is C28H30N2O2. The van der Waals surface area contributed by atoms with Crippen molar-refractivity contribution >= 4 is 27.5 Å². The molecule has 0 aromatic heterocycles. The largest absolute Gasteiger partial charge is 0.508 e. The van der Waals surface area contributed by atoms with Gasteiger partial charge in [0.05, 0.1) is 0 Å². The molecule has 4 rings (SSSR count). The second-order valence-electron chi connectivity index (χ2n) is 8.06. The first-order chi connectivity index (χ1) is 15.6. The van der Waals surface area contributed by atoms with Crippen molar-refractivity contribution in [3.05, 3.63) is 89.5 Å². The summed E-state index contributed by atoms with van der Waals surface area (Å²) >= 11 is 0. The Balaban J connectivity index is 1.74. The number of carbonyl (C=O) groups excluding carboxylic acids is 1. The van der Waals surface area contributed by atoms with Crippen molar-refractivity contribution in [1.82, 2.24) is 10.2 Å². The number of fused-ring (bicyclic) bond motifs is 2. The van der Waals surface area contributed by atoms with E-state index in [1.165, 1.54) is 0 Å². The Labute approximate surface area is 189 Å². The lowest BCUT2D eigenvalue weighted by atomic mass is 9.90. The molecule has 0 unspecified atom stereocenters. The molecule has 0 aliphatic carbocycles. The van der Waals surface area contributed by atoms with Crippen LogP contribution in [-0.2, 0) is 6.42 Å². The Morgan fingerprint density at radius 2 is 1.41 bits per heavy atom. The molecule has 0 saturated heterocycles. The van der Waals surface area contributed by atoms with Crippen LogP contribution in [0.4, 0.5) is 0 Å². The maximum atomic E-state index is 13.2. The molecule has 0 atom stereocenters. The van der Waals surface area contributed by atoms with Gasteiger partial charge in [0.2, 0.25) is 0 Å². The fourth-order valence-electron chi connectivity index (χ4n) is 4.39. The van der Waals surface area contributed by atoms with Crippen molar-refractivity contribution in [3.8, 4) is 5.75 Å². The van der Waals surface area contributed by atoms with Gasteiger partial charge in [-0.15, -0.1) is 0 Å². The zero-order valence-corrected chi connectivity index (χ0v) is 18.8. The minimum absolute atomic E-state index is 0.0716. The van der Waals surface area contributed by atoms with Gasteiger partial charge in [-0.3, -0.25) is 4.79 Å². The monoisotopic (exact) mass is 426 g/mol. The third-order valence-corrected chi connectivity index (χ3v) is 6.26. The Kier molecular flexibility index (Phi) is 6.72. The van der Waals surface area contributed by atoms with Crippen LogP contribution in [0.15, 0.2) is 72.8 Å². The molecule has 0 aliphatic rings. The summed E-state index contributed by atoms with van der Waals surface area (Å²) in [5.74, 6) is 0.183. The van der Waals surface area contributed by atoms with Crippen molar-refractivity contribution in [1.29, 1.82) is 0 Å². The van der Waals surface area contributed by atoms with E-state index in [1.54, 1.807) is 6.07 Å². The number of nitrogens with zero attached hydrogens (tertiary/aromatic N) is 1. The minimum atomic E-state index is -0.0716. The highest BCUT2D eigenvalue weighted by Crippen LogP contribution is 2.33. The van der Waals surface area contributed by atoms with E-state index in [1.807, 2.05) is 54.6 Å². The summed E-state index contributed by atoms with van der Waals surface area (Å²) in [5.41, 5.74) is 2.45. The first-order valence-electron chi connectivity index (χ1n) is 11.3. The highest BCUT2D eigenvalue weighted by atomic mass is 16.3. The van der Waals surface area contributed by atoms with E-state index in [4.69, 9.17) is 0 Å². The van der Waals surface area contributed by atoms with Crippen LogP contribution < -0.4 is 5.32 Å². The molecule has 2 N–H and O–H groups in total. The van der Waals surface area contributed by atoms with E-state index in [0.29, 0.717) is 18.5 Å². The van der Waals surface area contributed by atoms with E-state index < -0.39 is 0 Å². The van der Waals surface area contributed by atoms with Crippen LogP contribution >= 0.6 is 0 Å². The van der Waals surface area contributed by atoms with Gasteiger partial charge in [-0.05, 0) is 52.3 Å². The van der Waals surface area contributed by atoms with Crippen LogP contribution in [0.25, 0.3) is 21.5 Å². The molecule has 0 heterocycles. The van der Waals surface area contributed by atoms with Crippen molar-refractivity contribution in [3.63, 3.8) is 0 Å². The van der Waals surface area contributed by atoms with Crippen molar-refractivity contribution in [2.75, 3.05) is 26.2 Å². The van der Waals surface area contributed by atoms with Crippen LogP contribution in [-0.4, -0.2) is 42.1 Å². The summed E-state index contributed by atoms with van der Waals surface area (Å²) in [4.78, 5) is 15.5. The summed E-state index contributed by atoms with van der Waals surface area (Å²) < 4.78 is 0. The Bertz CT molecular complexity index is 1240. The van der Waals surface area contributed by atoms with Gasteiger partial charge in [0.25, 0.3) is 5.91 Å². The number of benzene rings is 4. The number of nitrogens with one attached hydrogen (secondary N) is 1. The molecule has 4 aromatic carbocycles. The SMILES string of the molecule is CCN(CC)CCNC(=O)c1ccc2ccccc2c1Cc1c(O)ccc2ccccc12. The highest BCUT2D eigenvalue weighted by molar-refractivity contribution is 6.02. The summed E-state index contributed by atoms with van der Waals surface area (Å²) in [6.45, 7) is 7.62. The van der Waals surface area contributed by atoms with Crippen LogP contribution in [0.2, 0.25) is 0 Å². The fraction of sp³-hybridized carbons (Fsp3) is 0.250. The maximum absolute atomic E-state index is 13.2. The summed E-state index contributed by atoms with van der Waals surface area (Å²) in [7, 11) is 0. The van der Waals surface area contributed by atoms with E-state index >= 15 is 0 Å². The fourth-order valence-corrected chi connectivity index (χ4v) is 4.39. The van der Waals surface area contributed by atoms with Crippen LogP contribution in [0.5, 0.6) is 5.75 Å². The number of carbonyl (C=O) groups is 1. The third kappa shape index (κ3) is 4.46. The van der Waals surface area contributed by atoms with Gasteiger partial charge < -0.3 is 15.3 Å². The average molecular weight is 427 g/mol. The number of rotatable bonds is 8. The molecule has 0 fully saturated rings. The standard InChI is InChI=1S/C28H30N2O2/c1-3-30(4-2)18-17-29-28(32)24-15-13-20-9-5-7-11-22(20)25(24)19-26-23-12-8-6-10-21(23)14-16-27(26)31/h5-16,31H,3-4,17-19H2,1-2H3,(H,29,32). The number of aromatic hydroxyl groups is 1. The smallest absolute Gasteiger partial charge is 0.251 e. The molecular weight excluding hydrogens is 396 g/mol. The summed E-state index contributed by atoms with van der Waals surface area (Å²) in [6, 6.07) is 23.7. The van der Waals surface area contributed by atoms with Gasteiger partial charge in [-0.1, -0.05) is 74.5 Å². The molecule has 0 saturated carbocycles. The van der Waals surface area contributed by atoms with Gasteiger partial charge in [0.15, 0.2) is 0 Å². The zero-order valence-electron chi connectivity index (χ0n) is 18.8. The number of likely N-dealkylation sites (N-methyl/N-ethyl adjacent to an activating group) is 1. The molecule has 0 aliphatic heterocycles. The van der Waals surface area contributed by atoms with Crippen LogP contribution in [0.3, 0.4) is 0 Å². The zero-order chi connectivity index (χ0) is 22.5. The predicted molar refractivity (Wildman–Crippen MR) is 132 cm³/mol. The molecule has 0 bridgehead atoms. The van der Waals surface area contributed by atoms with Gasteiger partial charge in [-0.2, -0.15) is 0 Å². The Morgan fingerprint density at radius 1 is 0.812 bits per heavy atom. The van der Waals surface area contributed by atoms with E-state index in [9.17, 15) is 9.90 Å². The van der Waals surface area contributed by atoms with Gasteiger partial charge in [0, 0.05) is 30.6 Å². The Hall–Kier alpha value is -3.37. The van der Waals surface area contributed by atoms with Crippen LogP contribution in [0.1, 0.15) is 35.3 Å². The quantitative estimate of drug-likeness (QED) is 0.399. The first-order valence-corrected chi connectivity index (χ1v) is 11.3. The number of phenols is 1. The van der Waals surface area contributed by atoms with Gasteiger partial charge >= 0.3 is 0 Å². The second-order valence-corrected chi connectivity index (χ2v) is 8.06. The van der Waals surface area contributed by atoms with E-state index in [0.717, 1.165) is 52.3 Å². The molecule has 164 valence electrons. The van der Waals surface area contributed by atoms with E-state index in [2.05, 4.69) is 36.2 Å². The van der Waals surface area contributed by atoms with Crippen LogP contribution in [0, 0.1) is 0 Å². The van der Waals surface area contributed by atoms with Crippen molar-refractivity contribution < 1.29 is 9.90 Å². The second kappa shape index (κ2) is 9.84. The predicted octanol–water partition coefficient (Wildman–Crippen LogP) is 5.36. The maximum Gasteiger partial charge on any atom is 0.251 e. The lowest BCUT2D eigenvalue weighted by Gasteiger charge is -2.19. The third-order valence-electron chi connectivity index (χ3n) is 6.26. The lowest BCUT2D eigenvalue weighted by Crippen LogP contribution is -2.35. The molecule has 1 amide bonds. The highest BCUT2D eigenvalue weighted by Gasteiger charge is 2.17. The number of hydrogen-bond donors (Lipinski definition) is 2. The van der Waals surface area contributed by atoms with Crippen molar-refractivity contribution in [2.24, 2.45) is 0 Å². The number of amides is 1. The summed E-state index contributed by atoms with van der Waals surface area (Å²) in [6.07, 6.45) is 0.480. The average Bonchev–Trinajstić information content (AvgIpc) is 2.83. The summed E-state index contributed by atoms with van der Waals surface area (Å²) in [5, 5.41) is 18.0. The Morgan fingerprint density at radius 3 is 2.06 bits per heavy atom. The molecule has 4 nitrogen and oxygen atoms in total. The normalized spacial score (nSPS) is 11.3. The molecule has 4 heteroatoms. The first kappa shape index (κ1) is 21.8. The molecule has 4 aromatic rings.